The summed E-state index contributed by atoms with van der Waals surface area (Å²) in [5, 5.41) is 2.94. The van der Waals surface area contributed by atoms with Crippen molar-refractivity contribution >= 4 is 50.2 Å². The molecule has 39 heavy (non-hydrogen) atoms. The highest BCUT2D eigenvalue weighted by Crippen LogP contribution is 2.37. The molecule has 0 aliphatic carbocycles. The Balaban J connectivity index is 1.60. The summed E-state index contributed by atoms with van der Waals surface area (Å²) < 4.78 is 63.8. The number of anilines is 2. The number of carbonyl (C=O) groups is 1. The number of sulfonamides is 1. The van der Waals surface area contributed by atoms with E-state index < -0.39 is 27.6 Å². The molecule has 0 aliphatic rings. The van der Waals surface area contributed by atoms with E-state index in [-0.39, 0.29) is 22.9 Å². The van der Waals surface area contributed by atoms with Crippen LogP contribution in [0, 0.1) is 18.6 Å². The molecular weight excluding hydrogens is 572 g/mol. The zero-order valence-corrected chi connectivity index (χ0v) is 23.2. The van der Waals surface area contributed by atoms with Crippen LogP contribution < -0.4 is 19.5 Å². The van der Waals surface area contributed by atoms with E-state index in [4.69, 9.17) is 21.1 Å². The number of rotatable bonds is 9. The number of hydrogen-bond donors (Lipinski definition) is 2. The fourth-order valence-corrected chi connectivity index (χ4v) is 5.36. The average Bonchev–Trinajstić information content (AvgIpc) is 3.22. The molecule has 2 aromatic heterocycles. The van der Waals surface area contributed by atoms with Gasteiger partial charge in [0.2, 0.25) is 10.0 Å². The van der Waals surface area contributed by atoms with E-state index >= 15 is 0 Å². The van der Waals surface area contributed by atoms with Crippen molar-refractivity contribution in [3.05, 3.63) is 86.7 Å². The van der Waals surface area contributed by atoms with Crippen LogP contribution >= 0.6 is 22.9 Å². The van der Waals surface area contributed by atoms with Crippen molar-refractivity contribution in [1.82, 2.24) is 4.98 Å². The van der Waals surface area contributed by atoms with Gasteiger partial charge in [-0.05, 0) is 48.9 Å². The summed E-state index contributed by atoms with van der Waals surface area (Å²) in [6, 6.07) is 10.7. The maximum Gasteiger partial charge on any atom is 0.265 e. The van der Waals surface area contributed by atoms with Crippen molar-refractivity contribution in [2.75, 3.05) is 23.4 Å². The van der Waals surface area contributed by atoms with Crippen LogP contribution in [0.25, 0.3) is 11.3 Å². The van der Waals surface area contributed by atoms with Crippen molar-refractivity contribution in [2.24, 2.45) is 0 Å². The molecule has 2 heterocycles. The Bertz CT molecular complexity index is 1640. The molecule has 0 fully saturated rings. The summed E-state index contributed by atoms with van der Waals surface area (Å²) in [6.07, 6.45) is 2.49. The van der Waals surface area contributed by atoms with Gasteiger partial charge in [-0.15, -0.1) is 11.3 Å². The molecule has 13 heteroatoms. The number of ether oxygens (including phenoxy) is 2. The van der Waals surface area contributed by atoms with E-state index in [0.717, 1.165) is 17.2 Å². The molecule has 0 radical (unpaired) electrons. The minimum atomic E-state index is -3.54. The predicted molar refractivity (Wildman–Crippen MR) is 147 cm³/mol. The largest absolute Gasteiger partial charge is 0.495 e. The summed E-state index contributed by atoms with van der Waals surface area (Å²) in [5.74, 6) is -1.20. The van der Waals surface area contributed by atoms with Crippen molar-refractivity contribution < 1.29 is 31.5 Å². The molecule has 0 aliphatic heterocycles. The molecule has 0 atom stereocenters. The zero-order chi connectivity index (χ0) is 28.3. The quantitative estimate of drug-likeness (QED) is 0.237. The number of amides is 1. The third-order valence-corrected chi connectivity index (χ3v) is 7.11. The molecule has 8 nitrogen and oxygen atoms in total. The van der Waals surface area contributed by atoms with Crippen molar-refractivity contribution in [2.45, 2.75) is 13.5 Å². The summed E-state index contributed by atoms with van der Waals surface area (Å²) in [5.41, 5.74) is 1.79. The number of hydrogen-bond acceptors (Lipinski definition) is 7. The Morgan fingerprint density at radius 1 is 1.05 bits per heavy atom. The van der Waals surface area contributed by atoms with E-state index in [9.17, 15) is 22.0 Å². The molecule has 2 aromatic carbocycles. The first kappa shape index (κ1) is 28.3. The Morgan fingerprint density at radius 2 is 1.74 bits per heavy atom. The molecule has 0 spiro atoms. The predicted octanol–water partition coefficient (Wildman–Crippen LogP) is 6.26. The maximum atomic E-state index is 13.6. The van der Waals surface area contributed by atoms with Gasteiger partial charge in [-0.1, -0.05) is 11.6 Å². The fraction of sp³-hybridized carbons (Fsp3) is 0.154. The molecule has 4 aromatic rings. The molecule has 0 saturated carbocycles. The average molecular weight is 594 g/mol. The van der Waals surface area contributed by atoms with Crippen LogP contribution in [0.1, 0.15) is 20.1 Å². The SMILES string of the molecule is COc1cnc(-c2cc(C(=O)Nc3cc(Cl)cc(NS(C)(=O)=O)c3)sc2C)c(OCc2cc(F)cc(F)c2)c1. The highest BCUT2D eigenvalue weighted by molar-refractivity contribution is 7.92. The molecule has 1 amide bonds. The summed E-state index contributed by atoms with van der Waals surface area (Å²) in [6.45, 7) is 1.67. The first-order valence-electron chi connectivity index (χ1n) is 11.2. The Hall–Kier alpha value is -3.74. The van der Waals surface area contributed by atoms with Gasteiger partial charge < -0.3 is 14.8 Å². The van der Waals surface area contributed by atoms with Gasteiger partial charge in [0.25, 0.3) is 5.91 Å². The second kappa shape index (κ2) is 11.6. The van der Waals surface area contributed by atoms with E-state index in [1.54, 1.807) is 12.1 Å². The topological polar surface area (TPSA) is 107 Å². The number of methoxy groups -OCH3 is 1. The number of pyridine rings is 1. The first-order valence-corrected chi connectivity index (χ1v) is 14.3. The Labute approximate surface area is 232 Å². The lowest BCUT2D eigenvalue weighted by Crippen LogP contribution is -2.12. The van der Waals surface area contributed by atoms with Crippen molar-refractivity contribution in [1.29, 1.82) is 0 Å². The number of nitrogens with zero attached hydrogens (tertiary/aromatic N) is 1. The lowest BCUT2D eigenvalue weighted by atomic mass is 10.1. The van der Waals surface area contributed by atoms with Crippen LogP contribution in [0.15, 0.2) is 54.7 Å². The number of benzene rings is 2. The van der Waals surface area contributed by atoms with Crippen molar-refractivity contribution in [3.63, 3.8) is 0 Å². The fourth-order valence-electron chi connectivity index (χ4n) is 3.66. The van der Waals surface area contributed by atoms with Crippen LogP contribution in [0.4, 0.5) is 20.2 Å². The number of carbonyl (C=O) groups excluding carboxylic acids is 1. The number of nitrogens with one attached hydrogen (secondary N) is 2. The van der Waals surface area contributed by atoms with Crippen LogP contribution in [0.2, 0.25) is 5.02 Å². The molecule has 0 saturated heterocycles. The van der Waals surface area contributed by atoms with Gasteiger partial charge in [-0.3, -0.25) is 9.52 Å². The second-order valence-electron chi connectivity index (χ2n) is 8.43. The van der Waals surface area contributed by atoms with Crippen molar-refractivity contribution in [3.8, 4) is 22.8 Å². The van der Waals surface area contributed by atoms with Gasteiger partial charge in [0, 0.05) is 33.3 Å². The first-order chi connectivity index (χ1) is 18.4. The third kappa shape index (κ3) is 7.43. The van der Waals surface area contributed by atoms with Crippen LogP contribution in [0.3, 0.4) is 0 Å². The minimum absolute atomic E-state index is 0.133. The highest BCUT2D eigenvalue weighted by Gasteiger charge is 2.19. The van der Waals surface area contributed by atoms with Gasteiger partial charge in [-0.2, -0.15) is 0 Å². The zero-order valence-electron chi connectivity index (χ0n) is 20.8. The Morgan fingerprint density at radius 3 is 2.41 bits per heavy atom. The maximum absolute atomic E-state index is 13.6. The van der Waals surface area contributed by atoms with Gasteiger partial charge in [-0.25, -0.2) is 22.2 Å². The minimum Gasteiger partial charge on any atom is -0.495 e. The summed E-state index contributed by atoms with van der Waals surface area (Å²) in [4.78, 5) is 18.6. The number of aryl methyl sites for hydroxylation is 1. The molecule has 2 N–H and O–H groups in total. The lowest BCUT2D eigenvalue weighted by molar-refractivity contribution is 0.103. The summed E-state index contributed by atoms with van der Waals surface area (Å²) >= 11 is 7.30. The highest BCUT2D eigenvalue weighted by atomic mass is 35.5. The number of aromatic nitrogens is 1. The molecule has 0 unspecified atom stereocenters. The smallest absolute Gasteiger partial charge is 0.265 e. The van der Waals surface area contributed by atoms with E-state index in [1.807, 2.05) is 6.92 Å². The monoisotopic (exact) mass is 593 g/mol. The molecule has 0 bridgehead atoms. The van der Waals surface area contributed by atoms with Crippen LogP contribution in [-0.4, -0.2) is 32.7 Å². The lowest BCUT2D eigenvalue weighted by Gasteiger charge is -2.12. The molecule has 4 rings (SSSR count). The van der Waals surface area contributed by atoms with E-state index in [1.165, 1.54) is 55.0 Å². The van der Waals surface area contributed by atoms with E-state index in [0.29, 0.717) is 33.3 Å². The van der Waals surface area contributed by atoms with Gasteiger partial charge in [0.05, 0.1) is 30.1 Å². The van der Waals surface area contributed by atoms with E-state index in [2.05, 4.69) is 15.0 Å². The van der Waals surface area contributed by atoms with Gasteiger partial charge in [0.15, 0.2) is 0 Å². The molecule has 204 valence electrons. The third-order valence-electron chi connectivity index (χ3n) is 5.24. The van der Waals surface area contributed by atoms with Crippen LogP contribution in [-0.2, 0) is 16.6 Å². The Kier molecular flexibility index (Phi) is 8.38. The number of halogens is 3. The summed E-state index contributed by atoms with van der Waals surface area (Å²) in [7, 11) is -2.08. The normalized spacial score (nSPS) is 11.2. The number of thiophene rings is 1. The second-order valence-corrected chi connectivity index (χ2v) is 11.9. The van der Waals surface area contributed by atoms with Gasteiger partial charge in [0.1, 0.15) is 35.4 Å². The molecular formula is C26H22ClF2N3O5S2. The standard InChI is InChI=1S/C26H22ClF2N3O5S2/c1-14-22(11-24(38-14)26(33)31-19-6-16(27)7-20(9-19)32-39(3,34)35)25-23(10-21(36-2)12-30-25)37-13-15-4-17(28)8-18(29)5-15/h4-12,32H,13H2,1-3H3,(H,31,33). The van der Waals surface area contributed by atoms with Gasteiger partial charge >= 0.3 is 0 Å². The van der Waals surface area contributed by atoms with Crippen LogP contribution in [0.5, 0.6) is 11.5 Å².